The van der Waals surface area contributed by atoms with E-state index in [2.05, 4.69) is 12.2 Å². The molecule has 1 saturated carbocycles. The molecule has 0 spiro atoms. The van der Waals surface area contributed by atoms with E-state index in [1.807, 2.05) is 18.2 Å². The van der Waals surface area contributed by atoms with Gasteiger partial charge in [-0.25, -0.2) is 9.97 Å². The average molecular weight is 364 g/mol. The number of rotatable bonds is 4. The molecule has 1 aromatic carbocycles. The molecule has 0 atom stereocenters. The molecule has 2 aliphatic carbocycles. The van der Waals surface area contributed by atoms with Crippen molar-refractivity contribution in [1.29, 1.82) is 0 Å². The van der Waals surface area contributed by atoms with Gasteiger partial charge in [0.25, 0.3) is 0 Å². The third kappa shape index (κ3) is 3.82. The molecule has 0 unspecified atom stereocenters. The van der Waals surface area contributed by atoms with Crippen LogP contribution in [0.5, 0.6) is 0 Å². The first-order chi connectivity index (χ1) is 13.1. The van der Waals surface area contributed by atoms with Crippen molar-refractivity contribution < 1.29 is 4.79 Å². The van der Waals surface area contributed by atoms with Gasteiger partial charge in [0, 0.05) is 17.7 Å². The van der Waals surface area contributed by atoms with E-state index in [0.29, 0.717) is 18.2 Å². The SMILES string of the molecule is CCc1nc2c(nc1NC(=O)CC1CCCCC1)CCc1cc(N)ccc1-2. The number of anilines is 2. The van der Waals surface area contributed by atoms with Crippen LogP contribution in [0, 0.1) is 5.92 Å². The van der Waals surface area contributed by atoms with Crippen molar-refractivity contribution in [2.24, 2.45) is 5.92 Å². The molecule has 3 N–H and O–H groups in total. The Labute approximate surface area is 160 Å². The average Bonchev–Trinajstić information content (AvgIpc) is 2.67. The Morgan fingerprint density at radius 2 is 2.00 bits per heavy atom. The van der Waals surface area contributed by atoms with E-state index in [-0.39, 0.29) is 5.91 Å². The van der Waals surface area contributed by atoms with Crippen molar-refractivity contribution in [2.75, 3.05) is 11.1 Å². The molecule has 0 aliphatic heterocycles. The second-order valence-corrected chi connectivity index (χ2v) is 7.84. The van der Waals surface area contributed by atoms with Gasteiger partial charge < -0.3 is 11.1 Å². The Kier molecular flexibility index (Phi) is 5.10. The normalized spacial score (nSPS) is 16.5. The van der Waals surface area contributed by atoms with Crippen molar-refractivity contribution in [3.63, 3.8) is 0 Å². The molecule has 0 bridgehead atoms. The van der Waals surface area contributed by atoms with Crippen LogP contribution in [0.15, 0.2) is 18.2 Å². The minimum atomic E-state index is 0.0785. The summed E-state index contributed by atoms with van der Waals surface area (Å²) in [5.74, 6) is 1.25. The molecule has 1 amide bonds. The van der Waals surface area contributed by atoms with Crippen LogP contribution in [0.2, 0.25) is 0 Å². The number of carbonyl (C=O) groups is 1. The molecular formula is C22H28N4O. The number of carbonyl (C=O) groups excluding carboxylic acids is 1. The van der Waals surface area contributed by atoms with Gasteiger partial charge in [-0.1, -0.05) is 32.3 Å². The predicted octanol–water partition coefficient (Wildman–Crippen LogP) is 4.30. The van der Waals surface area contributed by atoms with E-state index in [1.54, 1.807) is 0 Å². The molecule has 27 heavy (non-hydrogen) atoms. The molecule has 2 aromatic rings. The van der Waals surface area contributed by atoms with Gasteiger partial charge in [-0.3, -0.25) is 4.79 Å². The Hall–Kier alpha value is -2.43. The second-order valence-electron chi connectivity index (χ2n) is 7.84. The lowest BCUT2D eigenvalue weighted by molar-refractivity contribution is -0.117. The highest BCUT2D eigenvalue weighted by Gasteiger charge is 2.23. The predicted molar refractivity (Wildman–Crippen MR) is 108 cm³/mol. The maximum Gasteiger partial charge on any atom is 0.225 e. The van der Waals surface area contributed by atoms with E-state index in [4.69, 9.17) is 15.7 Å². The Morgan fingerprint density at radius 3 is 2.78 bits per heavy atom. The highest BCUT2D eigenvalue weighted by molar-refractivity contribution is 5.90. The van der Waals surface area contributed by atoms with Gasteiger partial charge in [0.05, 0.1) is 17.1 Å². The first-order valence-corrected chi connectivity index (χ1v) is 10.2. The molecule has 5 nitrogen and oxygen atoms in total. The monoisotopic (exact) mass is 364 g/mol. The Balaban J connectivity index is 1.58. The fraction of sp³-hybridized carbons (Fsp3) is 0.500. The summed E-state index contributed by atoms with van der Waals surface area (Å²) in [6.07, 6.45) is 9.22. The highest BCUT2D eigenvalue weighted by Crippen LogP contribution is 2.34. The summed E-state index contributed by atoms with van der Waals surface area (Å²) in [4.78, 5) is 22.3. The highest BCUT2D eigenvalue weighted by atomic mass is 16.1. The summed E-state index contributed by atoms with van der Waals surface area (Å²) in [5, 5.41) is 3.06. The zero-order valence-electron chi connectivity index (χ0n) is 16.1. The van der Waals surface area contributed by atoms with E-state index < -0.39 is 0 Å². The van der Waals surface area contributed by atoms with Gasteiger partial charge in [-0.15, -0.1) is 0 Å². The number of hydrogen-bond donors (Lipinski definition) is 2. The van der Waals surface area contributed by atoms with Gasteiger partial charge in [-0.2, -0.15) is 0 Å². The van der Waals surface area contributed by atoms with Crippen LogP contribution in [0.4, 0.5) is 11.5 Å². The summed E-state index contributed by atoms with van der Waals surface area (Å²) in [6.45, 7) is 2.06. The van der Waals surface area contributed by atoms with Gasteiger partial charge in [-0.05, 0) is 55.7 Å². The maximum atomic E-state index is 12.6. The number of amides is 1. The number of benzene rings is 1. The number of nitrogens with zero attached hydrogens (tertiary/aromatic N) is 2. The standard InChI is InChI=1S/C22H28N4O/c1-2-18-22(26-20(27)12-14-6-4-3-5-7-14)25-19-11-8-15-13-16(23)9-10-17(15)21(19)24-18/h9-10,13-14H,2-8,11-12,23H2,1H3,(H,25,26,27). The minimum Gasteiger partial charge on any atom is -0.399 e. The third-order valence-corrected chi connectivity index (χ3v) is 5.85. The zero-order chi connectivity index (χ0) is 18.8. The van der Waals surface area contributed by atoms with Gasteiger partial charge >= 0.3 is 0 Å². The molecule has 2 aliphatic rings. The van der Waals surface area contributed by atoms with Crippen LogP contribution < -0.4 is 11.1 Å². The summed E-state index contributed by atoms with van der Waals surface area (Å²) < 4.78 is 0. The van der Waals surface area contributed by atoms with Gasteiger partial charge in [0.2, 0.25) is 5.91 Å². The topological polar surface area (TPSA) is 80.9 Å². The van der Waals surface area contributed by atoms with Gasteiger partial charge in [0.1, 0.15) is 0 Å². The van der Waals surface area contributed by atoms with Crippen molar-refractivity contribution in [3.8, 4) is 11.3 Å². The quantitative estimate of drug-likeness (QED) is 0.793. The van der Waals surface area contributed by atoms with Crippen molar-refractivity contribution in [2.45, 2.75) is 64.7 Å². The summed E-state index contributed by atoms with van der Waals surface area (Å²) in [7, 11) is 0. The van der Waals surface area contributed by atoms with E-state index in [1.165, 1.54) is 37.7 Å². The zero-order valence-corrected chi connectivity index (χ0v) is 16.1. The minimum absolute atomic E-state index is 0.0785. The molecule has 1 heterocycles. The second kappa shape index (κ2) is 7.67. The number of nitrogen functional groups attached to an aromatic ring is 1. The van der Waals surface area contributed by atoms with Crippen LogP contribution in [0.25, 0.3) is 11.3 Å². The number of aryl methyl sites for hydroxylation is 3. The van der Waals surface area contributed by atoms with Crippen molar-refractivity contribution >= 4 is 17.4 Å². The van der Waals surface area contributed by atoms with E-state index >= 15 is 0 Å². The molecule has 0 saturated heterocycles. The lowest BCUT2D eigenvalue weighted by Gasteiger charge is -2.22. The van der Waals surface area contributed by atoms with E-state index in [0.717, 1.165) is 47.6 Å². The molecule has 1 fully saturated rings. The molecule has 5 heteroatoms. The summed E-state index contributed by atoms with van der Waals surface area (Å²) in [5.41, 5.74) is 11.8. The number of nitrogens with one attached hydrogen (secondary N) is 1. The summed E-state index contributed by atoms with van der Waals surface area (Å²) in [6, 6.07) is 5.99. The molecule has 1 aromatic heterocycles. The van der Waals surface area contributed by atoms with Gasteiger partial charge in [0.15, 0.2) is 5.82 Å². The maximum absolute atomic E-state index is 12.6. The number of nitrogens with two attached hydrogens (primary N) is 1. The molecule has 0 radical (unpaired) electrons. The Bertz CT molecular complexity index is 856. The van der Waals surface area contributed by atoms with Crippen LogP contribution in [0.3, 0.4) is 0 Å². The fourth-order valence-corrected chi connectivity index (χ4v) is 4.38. The largest absolute Gasteiger partial charge is 0.399 e. The molecular weight excluding hydrogens is 336 g/mol. The van der Waals surface area contributed by atoms with Crippen LogP contribution in [-0.2, 0) is 24.1 Å². The third-order valence-electron chi connectivity index (χ3n) is 5.85. The van der Waals surface area contributed by atoms with E-state index in [9.17, 15) is 4.79 Å². The number of fused-ring (bicyclic) bond motifs is 3. The van der Waals surface area contributed by atoms with Crippen LogP contribution >= 0.6 is 0 Å². The van der Waals surface area contributed by atoms with Crippen molar-refractivity contribution in [3.05, 3.63) is 35.2 Å². The van der Waals surface area contributed by atoms with Crippen LogP contribution in [-0.4, -0.2) is 15.9 Å². The first kappa shape index (κ1) is 18.0. The van der Waals surface area contributed by atoms with Crippen LogP contribution in [0.1, 0.15) is 62.4 Å². The summed E-state index contributed by atoms with van der Waals surface area (Å²) >= 11 is 0. The fourth-order valence-electron chi connectivity index (χ4n) is 4.38. The molecule has 142 valence electrons. The van der Waals surface area contributed by atoms with Crippen molar-refractivity contribution in [1.82, 2.24) is 9.97 Å². The lowest BCUT2D eigenvalue weighted by Crippen LogP contribution is -2.21. The molecule has 4 rings (SSSR count). The lowest BCUT2D eigenvalue weighted by atomic mass is 9.87. The first-order valence-electron chi connectivity index (χ1n) is 10.2. The smallest absolute Gasteiger partial charge is 0.225 e. The Morgan fingerprint density at radius 1 is 1.19 bits per heavy atom. The number of aromatic nitrogens is 2. The number of hydrogen-bond acceptors (Lipinski definition) is 4.